The fourth-order valence-electron chi connectivity index (χ4n) is 2.63. The van der Waals surface area contributed by atoms with E-state index in [9.17, 15) is 4.79 Å². The maximum absolute atomic E-state index is 12.2. The average molecular weight is 381 g/mol. The molecule has 0 atom stereocenters. The molecule has 1 N–H and O–H groups in total. The van der Waals surface area contributed by atoms with Crippen LogP contribution in [-0.4, -0.2) is 17.5 Å². The quantitative estimate of drug-likeness (QED) is 0.608. The standard InChI is InChI=1S/C22H24N2O2S/c1-14(2)17-6-5-7-19(11-17)26-12-21(25)24-22-23-20(13-27-22)18-9-8-15(3)16(4)10-18/h5-11,13-14H,12H2,1-4H3,(H,23,24,25). The third-order valence-corrected chi connectivity index (χ3v) is 5.21. The van der Waals surface area contributed by atoms with E-state index in [0.29, 0.717) is 16.8 Å². The Balaban J connectivity index is 1.59. The van der Waals surface area contributed by atoms with Crippen molar-refractivity contribution in [1.29, 1.82) is 0 Å². The minimum Gasteiger partial charge on any atom is -0.484 e. The van der Waals surface area contributed by atoms with Gasteiger partial charge in [0.15, 0.2) is 11.7 Å². The molecular formula is C22H24N2O2S. The molecule has 0 unspecified atom stereocenters. The van der Waals surface area contributed by atoms with Gasteiger partial charge in [-0.05, 0) is 54.7 Å². The van der Waals surface area contributed by atoms with Crippen LogP contribution in [0.25, 0.3) is 11.3 Å². The number of hydrogen-bond acceptors (Lipinski definition) is 4. The molecule has 0 saturated heterocycles. The second-order valence-corrected chi connectivity index (χ2v) is 7.76. The number of nitrogens with one attached hydrogen (secondary N) is 1. The fourth-order valence-corrected chi connectivity index (χ4v) is 3.37. The lowest BCUT2D eigenvalue weighted by Crippen LogP contribution is -2.20. The van der Waals surface area contributed by atoms with Crippen LogP contribution in [0.5, 0.6) is 5.75 Å². The Labute approximate surface area is 164 Å². The Hall–Kier alpha value is -2.66. The van der Waals surface area contributed by atoms with E-state index >= 15 is 0 Å². The molecule has 1 aromatic heterocycles. The van der Waals surface area contributed by atoms with Crippen LogP contribution in [0, 0.1) is 13.8 Å². The van der Waals surface area contributed by atoms with Crippen molar-refractivity contribution < 1.29 is 9.53 Å². The monoisotopic (exact) mass is 380 g/mol. The summed E-state index contributed by atoms with van der Waals surface area (Å²) in [7, 11) is 0. The summed E-state index contributed by atoms with van der Waals surface area (Å²) < 4.78 is 5.62. The van der Waals surface area contributed by atoms with Gasteiger partial charge in [-0.3, -0.25) is 10.1 Å². The van der Waals surface area contributed by atoms with Crippen LogP contribution in [0.4, 0.5) is 5.13 Å². The molecule has 0 radical (unpaired) electrons. The SMILES string of the molecule is Cc1ccc(-c2csc(NC(=O)COc3cccc(C(C)C)c3)n2)cc1C. The molecule has 3 aromatic rings. The smallest absolute Gasteiger partial charge is 0.264 e. The van der Waals surface area contributed by atoms with Crippen LogP contribution in [0.15, 0.2) is 47.8 Å². The van der Waals surface area contributed by atoms with Crippen molar-refractivity contribution in [2.24, 2.45) is 0 Å². The Kier molecular flexibility index (Phi) is 5.91. The van der Waals surface area contributed by atoms with Gasteiger partial charge >= 0.3 is 0 Å². The van der Waals surface area contributed by atoms with Crippen molar-refractivity contribution in [2.45, 2.75) is 33.6 Å². The molecule has 1 heterocycles. The molecule has 4 nitrogen and oxygen atoms in total. The molecule has 27 heavy (non-hydrogen) atoms. The van der Waals surface area contributed by atoms with Crippen LogP contribution >= 0.6 is 11.3 Å². The zero-order valence-corrected chi connectivity index (χ0v) is 16.9. The first-order valence-electron chi connectivity index (χ1n) is 8.98. The Morgan fingerprint density at radius 3 is 2.70 bits per heavy atom. The van der Waals surface area contributed by atoms with E-state index in [1.807, 2.05) is 29.6 Å². The first-order valence-corrected chi connectivity index (χ1v) is 9.86. The number of thiazole rings is 1. The maximum atomic E-state index is 12.2. The summed E-state index contributed by atoms with van der Waals surface area (Å²) in [6.07, 6.45) is 0. The van der Waals surface area contributed by atoms with Crippen LogP contribution in [-0.2, 0) is 4.79 Å². The molecule has 0 saturated carbocycles. The lowest BCUT2D eigenvalue weighted by atomic mass is 10.0. The first kappa shape index (κ1) is 19.1. The van der Waals surface area contributed by atoms with Crippen LogP contribution in [0.1, 0.15) is 36.5 Å². The van der Waals surface area contributed by atoms with Crippen LogP contribution in [0.2, 0.25) is 0 Å². The largest absolute Gasteiger partial charge is 0.484 e. The van der Waals surface area contributed by atoms with Crippen molar-refractivity contribution in [1.82, 2.24) is 4.98 Å². The molecule has 1 amide bonds. The number of anilines is 1. The molecule has 0 spiro atoms. The van der Waals surface area contributed by atoms with E-state index in [0.717, 1.165) is 11.3 Å². The summed E-state index contributed by atoms with van der Waals surface area (Å²) >= 11 is 1.41. The molecule has 2 aromatic carbocycles. The maximum Gasteiger partial charge on any atom is 0.264 e. The van der Waals surface area contributed by atoms with E-state index < -0.39 is 0 Å². The number of amides is 1. The molecule has 140 valence electrons. The number of ether oxygens (including phenoxy) is 1. The van der Waals surface area contributed by atoms with Crippen molar-refractivity contribution >= 4 is 22.4 Å². The third-order valence-electron chi connectivity index (χ3n) is 4.45. The summed E-state index contributed by atoms with van der Waals surface area (Å²) in [6, 6.07) is 14.1. The number of carbonyl (C=O) groups excluding carboxylic acids is 1. The lowest BCUT2D eigenvalue weighted by molar-refractivity contribution is -0.118. The second kappa shape index (κ2) is 8.35. The Morgan fingerprint density at radius 2 is 1.96 bits per heavy atom. The summed E-state index contributed by atoms with van der Waals surface area (Å²) in [6.45, 7) is 8.38. The van der Waals surface area contributed by atoms with E-state index in [-0.39, 0.29) is 12.5 Å². The van der Waals surface area contributed by atoms with E-state index in [1.54, 1.807) is 0 Å². The summed E-state index contributed by atoms with van der Waals surface area (Å²) in [5.74, 6) is 0.902. The highest BCUT2D eigenvalue weighted by Crippen LogP contribution is 2.26. The minimum atomic E-state index is -0.217. The van der Waals surface area contributed by atoms with Crippen LogP contribution < -0.4 is 10.1 Å². The highest BCUT2D eigenvalue weighted by atomic mass is 32.1. The zero-order valence-electron chi connectivity index (χ0n) is 16.1. The van der Waals surface area contributed by atoms with Gasteiger partial charge in [0.25, 0.3) is 5.91 Å². The van der Waals surface area contributed by atoms with Crippen molar-refractivity contribution in [3.05, 3.63) is 64.5 Å². The number of rotatable bonds is 6. The molecular weight excluding hydrogens is 356 g/mol. The summed E-state index contributed by atoms with van der Waals surface area (Å²) in [5.41, 5.74) is 5.58. The van der Waals surface area contributed by atoms with Gasteiger partial charge in [-0.2, -0.15) is 0 Å². The van der Waals surface area contributed by atoms with Crippen LogP contribution in [0.3, 0.4) is 0 Å². The average Bonchev–Trinajstić information content (AvgIpc) is 3.11. The van der Waals surface area contributed by atoms with Gasteiger partial charge in [0.05, 0.1) is 5.69 Å². The van der Waals surface area contributed by atoms with E-state index in [4.69, 9.17) is 4.74 Å². The van der Waals surface area contributed by atoms with Crippen molar-refractivity contribution in [2.75, 3.05) is 11.9 Å². The molecule has 0 bridgehead atoms. The number of nitrogens with zero attached hydrogens (tertiary/aromatic N) is 1. The predicted octanol–water partition coefficient (Wildman–Crippen LogP) is 5.57. The van der Waals surface area contributed by atoms with Crippen molar-refractivity contribution in [3.8, 4) is 17.0 Å². The van der Waals surface area contributed by atoms with Gasteiger partial charge < -0.3 is 4.74 Å². The van der Waals surface area contributed by atoms with E-state index in [1.165, 1.54) is 28.0 Å². The lowest BCUT2D eigenvalue weighted by Gasteiger charge is -2.09. The summed E-state index contributed by atoms with van der Waals surface area (Å²) in [4.78, 5) is 16.7. The summed E-state index contributed by atoms with van der Waals surface area (Å²) in [5, 5.41) is 5.34. The number of carbonyl (C=O) groups is 1. The van der Waals surface area contributed by atoms with Gasteiger partial charge in [-0.15, -0.1) is 11.3 Å². The van der Waals surface area contributed by atoms with Gasteiger partial charge in [0, 0.05) is 10.9 Å². The molecule has 3 rings (SSSR count). The highest BCUT2D eigenvalue weighted by molar-refractivity contribution is 7.14. The zero-order chi connectivity index (χ0) is 19.4. The Morgan fingerprint density at radius 1 is 1.15 bits per heavy atom. The third kappa shape index (κ3) is 4.95. The number of benzene rings is 2. The normalized spacial score (nSPS) is 10.9. The number of aryl methyl sites for hydroxylation is 2. The highest BCUT2D eigenvalue weighted by Gasteiger charge is 2.10. The number of hydrogen-bond donors (Lipinski definition) is 1. The molecule has 0 fully saturated rings. The fraction of sp³-hybridized carbons (Fsp3) is 0.273. The molecule has 0 aliphatic carbocycles. The van der Waals surface area contributed by atoms with Gasteiger partial charge in [-0.1, -0.05) is 38.1 Å². The second-order valence-electron chi connectivity index (χ2n) is 6.90. The first-order chi connectivity index (χ1) is 12.9. The van der Waals surface area contributed by atoms with Gasteiger partial charge in [0.2, 0.25) is 0 Å². The molecule has 0 aliphatic rings. The molecule has 0 aliphatic heterocycles. The van der Waals surface area contributed by atoms with Crippen molar-refractivity contribution in [3.63, 3.8) is 0 Å². The minimum absolute atomic E-state index is 0.0416. The van der Waals surface area contributed by atoms with E-state index in [2.05, 4.69) is 56.2 Å². The topological polar surface area (TPSA) is 51.2 Å². The predicted molar refractivity (Wildman–Crippen MR) is 112 cm³/mol. The molecule has 5 heteroatoms. The number of aromatic nitrogens is 1. The Bertz CT molecular complexity index is 947. The van der Waals surface area contributed by atoms with Gasteiger partial charge in [-0.25, -0.2) is 4.98 Å². The van der Waals surface area contributed by atoms with Gasteiger partial charge in [0.1, 0.15) is 5.75 Å².